The van der Waals surface area contributed by atoms with Crippen molar-refractivity contribution in [3.8, 4) is 0 Å². The normalized spacial score (nSPS) is 30.3. The second-order valence-electron chi connectivity index (χ2n) is 7.09. The molecule has 0 atom stereocenters. The fourth-order valence-electron chi connectivity index (χ4n) is 4.09. The first-order valence-corrected chi connectivity index (χ1v) is 7.90. The van der Waals surface area contributed by atoms with Crippen LogP contribution in [0, 0.1) is 5.41 Å². The standard InChI is InChI=1S/C18H22N2O3/c1-13(21)19-9-17(3)10-20(14(2)22)12-18(11-19,16(17)23)15-7-5-4-6-8-15/h4-8H,9-12H2,1-3H3. The minimum atomic E-state index is -0.830. The lowest BCUT2D eigenvalue weighted by Gasteiger charge is -2.56. The zero-order valence-corrected chi connectivity index (χ0v) is 13.8. The van der Waals surface area contributed by atoms with E-state index >= 15 is 0 Å². The van der Waals surface area contributed by atoms with Gasteiger partial charge in [-0.1, -0.05) is 30.3 Å². The van der Waals surface area contributed by atoms with Gasteiger partial charge in [-0.25, -0.2) is 0 Å². The number of fused-ring (bicyclic) bond motifs is 2. The monoisotopic (exact) mass is 314 g/mol. The van der Waals surface area contributed by atoms with Gasteiger partial charge in [0.2, 0.25) is 11.8 Å². The molecule has 2 aliphatic rings. The van der Waals surface area contributed by atoms with Crippen LogP contribution in [0.1, 0.15) is 26.3 Å². The van der Waals surface area contributed by atoms with Gasteiger partial charge in [-0.3, -0.25) is 14.4 Å². The molecule has 3 rings (SSSR count). The molecule has 23 heavy (non-hydrogen) atoms. The average molecular weight is 314 g/mol. The highest BCUT2D eigenvalue weighted by atomic mass is 16.2. The Kier molecular flexibility index (Phi) is 3.54. The summed E-state index contributed by atoms with van der Waals surface area (Å²) in [5, 5.41) is 0. The molecule has 5 nitrogen and oxygen atoms in total. The second-order valence-corrected chi connectivity index (χ2v) is 7.09. The Morgan fingerprint density at radius 3 is 1.83 bits per heavy atom. The van der Waals surface area contributed by atoms with Crippen LogP contribution in [0.5, 0.6) is 0 Å². The minimum absolute atomic E-state index is 0.0275. The molecule has 2 aliphatic heterocycles. The molecule has 5 heteroatoms. The highest BCUT2D eigenvalue weighted by molar-refractivity contribution is 5.99. The summed E-state index contributed by atoms with van der Waals surface area (Å²) >= 11 is 0. The van der Waals surface area contributed by atoms with Crippen molar-refractivity contribution in [2.45, 2.75) is 26.2 Å². The first kappa shape index (κ1) is 15.7. The van der Waals surface area contributed by atoms with Gasteiger partial charge >= 0.3 is 0 Å². The van der Waals surface area contributed by atoms with Crippen LogP contribution >= 0.6 is 0 Å². The average Bonchev–Trinajstić information content (AvgIpc) is 2.49. The van der Waals surface area contributed by atoms with E-state index in [1.807, 2.05) is 37.3 Å². The molecule has 2 heterocycles. The molecule has 0 spiro atoms. The van der Waals surface area contributed by atoms with Crippen molar-refractivity contribution in [3.63, 3.8) is 0 Å². The van der Waals surface area contributed by atoms with Gasteiger partial charge in [0.05, 0.1) is 10.8 Å². The summed E-state index contributed by atoms with van der Waals surface area (Å²) in [5.41, 5.74) is -0.666. The lowest BCUT2D eigenvalue weighted by molar-refractivity contribution is -0.159. The summed E-state index contributed by atoms with van der Waals surface area (Å²) in [6.07, 6.45) is 0. The van der Waals surface area contributed by atoms with Crippen molar-refractivity contribution >= 4 is 17.6 Å². The Balaban J connectivity index is 2.15. The maximum atomic E-state index is 13.3. The number of hydrogen-bond acceptors (Lipinski definition) is 3. The van der Waals surface area contributed by atoms with E-state index in [4.69, 9.17) is 0 Å². The summed E-state index contributed by atoms with van der Waals surface area (Å²) in [6.45, 7) is 6.37. The third kappa shape index (κ3) is 2.35. The van der Waals surface area contributed by atoms with E-state index < -0.39 is 10.8 Å². The number of carbonyl (C=O) groups excluding carboxylic acids is 3. The van der Waals surface area contributed by atoms with E-state index in [-0.39, 0.29) is 17.6 Å². The molecule has 0 radical (unpaired) electrons. The molecule has 0 saturated carbocycles. The number of amides is 2. The predicted octanol–water partition coefficient (Wildman–Crippen LogP) is 1.22. The highest BCUT2D eigenvalue weighted by Crippen LogP contribution is 2.44. The van der Waals surface area contributed by atoms with E-state index in [1.165, 1.54) is 13.8 Å². The van der Waals surface area contributed by atoms with Crippen LogP contribution in [0.2, 0.25) is 0 Å². The zero-order chi connectivity index (χ0) is 16.8. The molecule has 2 bridgehead atoms. The fraction of sp³-hybridized carbons (Fsp3) is 0.500. The van der Waals surface area contributed by atoms with Crippen LogP contribution < -0.4 is 0 Å². The van der Waals surface area contributed by atoms with Crippen molar-refractivity contribution in [1.29, 1.82) is 0 Å². The zero-order valence-electron chi connectivity index (χ0n) is 13.8. The Hall–Kier alpha value is -2.17. The third-order valence-electron chi connectivity index (χ3n) is 5.20. The number of ketones is 1. The van der Waals surface area contributed by atoms with E-state index in [0.717, 1.165) is 5.56 Å². The molecule has 2 saturated heterocycles. The highest BCUT2D eigenvalue weighted by Gasteiger charge is 2.59. The summed E-state index contributed by atoms with van der Waals surface area (Å²) in [7, 11) is 0. The number of benzene rings is 1. The lowest BCUT2D eigenvalue weighted by Crippen LogP contribution is -2.72. The van der Waals surface area contributed by atoms with Gasteiger partial charge in [-0.2, -0.15) is 0 Å². The van der Waals surface area contributed by atoms with Crippen LogP contribution in [0.15, 0.2) is 30.3 Å². The molecule has 0 unspecified atom stereocenters. The maximum Gasteiger partial charge on any atom is 0.219 e. The van der Waals surface area contributed by atoms with Crippen molar-refractivity contribution in [2.75, 3.05) is 26.2 Å². The van der Waals surface area contributed by atoms with Crippen LogP contribution in [0.3, 0.4) is 0 Å². The topological polar surface area (TPSA) is 57.7 Å². The Morgan fingerprint density at radius 1 is 0.913 bits per heavy atom. The van der Waals surface area contributed by atoms with E-state index in [0.29, 0.717) is 26.2 Å². The molecule has 122 valence electrons. The number of likely N-dealkylation sites (tertiary alicyclic amines) is 2. The van der Waals surface area contributed by atoms with Crippen LogP contribution in [0.4, 0.5) is 0 Å². The van der Waals surface area contributed by atoms with Crippen molar-refractivity contribution in [1.82, 2.24) is 9.80 Å². The maximum absolute atomic E-state index is 13.3. The van der Waals surface area contributed by atoms with Crippen molar-refractivity contribution < 1.29 is 14.4 Å². The molecule has 2 amide bonds. The Labute approximate surface area is 136 Å². The summed E-state index contributed by atoms with van der Waals surface area (Å²) in [5.74, 6) is 0.0896. The van der Waals surface area contributed by atoms with Gasteiger partial charge in [0.15, 0.2) is 5.78 Å². The van der Waals surface area contributed by atoms with Gasteiger partial charge in [-0.15, -0.1) is 0 Å². The first-order chi connectivity index (χ1) is 10.8. The van der Waals surface area contributed by atoms with E-state index in [9.17, 15) is 14.4 Å². The largest absolute Gasteiger partial charge is 0.340 e. The van der Waals surface area contributed by atoms with Crippen molar-refractivity contribution in [3.05, 3.63) is 35.9 Å². The summed E-state index contributed by atoms with van der Waals surface area (Å²) in [4.78, 5) is 40.8. The van der Waals surface area contributed by atoms with Crippen LogP contribution in [-0.4, -0.2) is 53.6 Å². The molecule has 0 N–H and O–H groups in total. The van der Waals surface area contributed by atoms with E-state index in [1.54, 1.807) is 9.80 Å². The van der Waals surface area contributed by atoms with Crippen molar-refractivity contribution in [2.24, 2.45) is 5.41 Å². The van der Waals surface area contributed by atoms with E-state index in [2.05, 4.69) is 0 Å². The minimum Gasteiger partial charge on any atom is -0.340 e. The SMILES string of the molecule is CC(=O)N1CC2(C)CN(C(C)=O)CC(c3ccccc3)(C1)C2=O. The molecule has 0 aliphatic carbocycles. The summed E-state index contributed by atoms with van der Waals surface area (Å²) < 4.78 is 0. The molecular formula is C18H22N2O3. The Bertz CT molecular complexity index is 642. The lowest BCUT2D eigenvalue weighted by atomic mass is 9.60. The number of hydrogen-bond donors (Lipinski definition) is 0. The molecule has 2 fully saturated rings. The third-order valence-corrected chi connectivity index (χ3v) is 5.20. The second kappa shape index (κ2) is 5.18. The fourth-order valence-corrected chi connectivity index (χ4v) is 4.09. The van der Waals surface area contributed by atoms with Gasteiger partial charge in [0.25, 0.3) is 0 Å². The Morgan fingerprint density at radius 2 is 1.39 bits per heavy atom. The van der Waals surface area contributed by atoms with Gasteiger partial charge in [0.1, 0.15) is 0 Å². The number of piperidine rings is 2. The number of nitrogens with zero attached hydrogens (tertiary/aromatic N) is 2. The van der Waals surface area contributed by atoms with Gasteiger partial charge in [-0.05, 0) is 12.5 Å². The number of Topliss-reactive ketones (excluding diaryl/α,β-unsaturated/α-hetero) is 1. The number of rotatable bonds is 1. The summed E-state index contributed by atoms with van der Waals surface area (Å²) in [6, 6.07) is 9.54. The quantitative estimate of drug-likeness (QED) is 0.783. The van der Waals surface area contributed by atoms with Crippen LogP contribution in [-0.2, 0) is 19.8 Å². The molecule has 0 aromatic heterocycles. The van der Waals surface area contributed by atoms with Gasteiger partial charge < -0.3 is 9.80 Å². The van der Waals surface area contributed by atoms with Gasteiger partial charge in [0, 0.05) is 40.0 Å². The van der Waals surface area contributed by atoms with Crippen LogP contribution in [0.25, 0.3) is 0 Å². The molecular weight excluding hydrogens is 292 g/mol. The first-order valence-electron chi connectivity index (χ1n) is 7.90. The molecule has 1 aromatic rings. The smallest absolute Gasteiger partial charge is 0.219 e. The number of carbonyl (C=O) groups is 3. The predicted molar refractivity (Wildman–Crippen MR) is 85.7 cm³/mol. The molecule has 1 aromatic carbocycles.